The van der Waals surface area contributed by atoms with E-state index >= 15 is 0 Å². The molecule has 0 atom stereocenters. The van der Waals surface area contributed by atoms with Gasteiger partial charge in [0.15, 0.2) is 0 Å². The molecule has 0 aromatic heterocycles. The molecule has 0 radical (unpaired) electrons. The Labute approximate surface area is 92.7 Å². The molecule has 0 aromatic rings. The van der Waals surface area contributed by atoms with E-state index in [-0.39, 0.29) is 17.9 Å². The molecule has 4 nitrogen and oxygen atoms in total. The van der Waals surface area contributed by atoms with Gasteiger partial charge < -0.3 is 15.3 Å². The molecule has 2 N–H and O–H groups in total. The normalized spacial score (nSPS) is 11.5. The van der Waals surface area contributed by atoms with E-state index < -0.39 is 0 Å². The smallest absolute Gasteiger partial charge is 0.236 e. The highest BCUT2D eigenvalue weighted by atomic mass is 16.3. The van der Waals surface area contributed by atoms with Crippen LogP contribution in [0.2, 0.25) is 0 Å². The second kappa shape index (κ2) is 6.80. The van der Waals surface area contributed by atoms with E-state index in [4.69, 9.17) is 5.11 Å². The van der Waals surface area contributed by atoms with Crippen molar-refractivity contribution in [3.05, 3.63) is 0 Å². The zero-order valence-electron chi connectivity index (χ0n) is 10.3. The molecule has 0 saturated carbocycles. The van der Waals surface area contributed by atoms with Gasteiger partial charge in [-0.2, -0.15) is 0 Å². The monoisotopic (exact) mass is 216 g/mol. The van der Waals surface area contributed by atoms with Crippen LogP contribution in [0.5, 0.6) is 0 Å². The SMILES string of the molecule is CCN(C)C(=O)CNCC(C)(C)CCO. The van der Waals surface area contributed by atoms with E-state index in [1.165, 1.54) is 0 Å². The molecule has 0 aliphatic heterocycles. The molecule has 0 aromatic carbocycles. The number of aliphatic hydroxyl groups excluding tert-OH is 1. The lowest BCUT2D eigenvalue weighted by Crippen LogP contribution is -2.39. The van der Waals surface area contributed by atoms with Crippen molar-refractivity contribution in [2.45, 2.75) is 27.2 Å². The third-order valence-corrected chi connectivity index (χ3v) is 2.57. The third kappa shape index (κ3) is 6.47. The van der Waals surface area contributed by atoms with Crippen LogP contribution in [0.3, 0.4) is 0 Å². The van der Waals surface area contributed by atoms with Gasteiger partial charge >= 0.3 is 0 Å². The fourth-order valence-corrected chi connectivity index (χ4v) is 1.21. The van der Waals surface area contributed by atoms with Gasteiger partial charge in [0.1, 0.15) is 0 Å². The molecule has 0 saturated heterocycles. The lowest BCUT2D eigenvalue weighted by molar-refractivity contribution is -0.128. The molecule has 90 valence electrons. The third-order valence-electron chi connectivity index (χ3n) is 2.57. The number of hydrogen-bond acceptors (Lipinski definition) is 3. The maximum Gasteiger partial charge on any atom is 0.236 e. The number of aliphatic hydroxyl groups is 1. The molecule has 0 aliphatic rings. The van der Waals surface area contributed by atoms with Gasteiger partial charge in [-0.05, 0) is 18.8 Å². The number of carbonyl (C=O) groups excluding carboxylic acids is 1. The molecule has 0 bridgehead atoms. The number of carbonyl (C=O) groups is 1. The van der Waals surface area contributed by atoms with Gasteiger partial charge in [-0.1, -0.05) is 13.8 Å². The molecule has 0 fully saturated rings. The first-order valence-corrected chi connectivity index (χ1v) is 5.48. The van der Waals surface area contributed by atoms with Crippen molar-refractivity contribution in [1.29, 1.82) is 0 Å². The number of nitrogens with one attached hydrogen (secondary N) is 1. The quantitative estimate of drug-likeness (QED) is 0.650. The standard InChI is InChI=1S/C11H24N2O2/c1-5-13(4)10(15)8-12-9-11(2,3)6-7-14/h12,14H,5-9H2,1-4H3. The van der Waals surface area contributed by atoms with E-state index in [0.717, 1.165) is 19.5 Å². The van der Waals surface area contributed by atoms with Crippen LogP contribution in [-0.4, -0.2) is 49.2 Å². The first-order chi connectivity index (χ1) is 6.93. The number of hydrogen-bond donors (Lipinski definition) is 2. The minimum absolute atomic E-state index is 0.0415. The molecule has 0 aliphatic carbocycles. The van der Waals surface area contributed by atoms with Gasteiger partial charge in [0.2, 0.25) is 5.91 Å². The Hall–Kier alpha value is -0.610. The lowest BCUT2D eigenvalue weighted by atomic mass is 9.90. The molecule has 15 heavy (non-hydrogen) atoms. The fraction of sp³-hybridized carbons (Fsp3) is 0.909. The molecule has 0 spiro atoms. The summed E-state index contributed by atoms with van der Waals surface area (Å²) in [6, 6.07) is 0. The van der Waals surface area contributed by atoms with Crippen LogP contribution in [0.25, 0.3) is 0 Å². The Morgan fingerprint density at radius 1 is 1.47 bits per heavy atom. The van der Waals surface area contributed by atoms with Crippen LogP contribution >= 0.6 is 0 Å². The van der Waals surface area contributed by atoms with Crippen molar-refractivity contribution >= 4 is 5.91 Å². The number of amides is 1. The Balaban J connectivity index is 3.74. The average Bonchev–Trinajstić information content (AvgIpc) is 2.15. The number of rotatable bonds is 7. The average molecular weight is 216 g/mol. The van der Waals surface area contributed by atoms with Gasteiger partial charge in [0.05, 0.1) is 6.54 Å². The van der Waals surface area contributed by atoms with Crippen LogP contribution in [0.15, 0.2) is 0 Å². The second-order valence-electron chi connectivity index (χ2n) is 4.65. The van der Waals surface area contributed by atoms with Crippen LogP contribution < -0.4 is 5.32 Å². The van der Waals surface area contributed by atoms with Gasteiger partial charge in [-0.25, -0.2) is 0 Å². The molecule has 0 heterocycles. The summed E-state index contributed by atoms with van der Waals surface area (Å²) < 4.78 is 0. The molecule has 1 amide bonds. The number of likely N-dealkylation sites (N-methyl/N-ethyl adjacent to an activating group) is 1. The number of nitrogens with zero attached hydrogens (tertiary/aromatic N) is 1. The Bertz CT molecular complexity index is 193. The van der Waals surface area contributed by atoms with Crippen molar-refractivity contribution in [3.63, 3.8) is 0 Å². The first-order valence-electron chi connectivity index (χ1n) is 5.48. The molecule has 0 rings (SSSR count). The van der Waals surface area contributed by atoms with Gasteiger partial charge in [-0.3, -0.25) is 4.79 Å². The summed E-state index contributed by atoms with van der Waals surface area (Å²) in [6.45, 7) is 8.15. The molecule has 0 unspecified atom stereocenters. The van der Waals surface area contributed by atoms with Crippen molar-refractivity contribution < 1.29 is 9.90 Å². The van der Waals surface area contributed by atoms with Gasteiger partial charge in [0.25, 0.3) is 0 Å². The zero-order valence-corrected chi connectivity index (χ0v) is 10.3. The fourth-order valence-electron chi connectivity index (χ4n) is 1.21. The van der Waals surface area contributed by atoms with Gasteiger partial charge in [0, 0.05) is 26.7 Å². The maximum atomic E-state index is 11.4. The van der Waals surface area contributed by atoms with Crippen LogP contribution in [0, 0.1) is 5.41 Å². The Kier molecular flexibility index (Phi) is 6.52. The minimum atomic E-state index is 0.0415. The topological polar surface area (TPSA) is 52.6 Å². The van der Waals surface area contributed by atoms with Crippen LogP contribution in [-0.2, 0) is 4.79 Å². The molecular weight excluding hydrogens is 192 g/mol. The summed E-state index contributed by atoms with van der Waals surface area (Å²) >= 11 is 0. The highest BCUT2D eigenvalue weighted by Gasteiger charge is 2.17. The van der Waals surface area contributed by atoms with E-state index in [9.17, 15) is 4.79 Å². The highest BCUT2D eigenvalue weighted by Crippen LogP contribution is 2.17. The Morgan fingerprint density at radius 2 is 2.07 bits per heavy atom. The van der Waals surface area contributed by atoms with Crippen molar-refractivity contribution in [2.75, 3.05) is 33.3 Å². The van der Waals surface area contributed by atoms with E-state index in [0.29, 0.717) is 6.54 Å². The first kappa shape index (κ1) is 14.4. The lowest BCUT2D eigenvalue weighted by Gasteiger charge is -2.24. The van der Waals surface area contributed by atoms with Crippen LogP contribution in [0.4, 0.5) is 0 Å². The summed E-state index contributed by atoms with van der Waals surface area (Å²) in [5.74, 6) is 0.109. The molecule has 4 heteroatoms. The largest absolute Gasteiger partial charge is 0.396 e. The summed E-state index contributed by atoms with van der Waals surface area (Å²) in [4.78, 5) is 13.1. The van der Waals surface area contributed by atoms with Crippen molar-refractivity contribution in [2.24, 2.45) is 5.41 Å². The van der Waals surface area contributed by atoms with Gasteiger partial charge in [-0.15, -0.1) is 0 Å². The summed E-state index contributed by atoms with van der Waals surface area (Å²) in [5, 5.41) is 12.0. The summed E-state index contributed by atoms with van der Waals surface area (Å²) in [7, 11) is 1.79. The minimum Gasteiger partial charge on any atom is -0.396 e. The maximum absolute atomic E-state index is 11.4. The van der Waals surface area contributed by atoms with E-state index in [2.05, 4.69) is 19.2 Å². The predicted molar refractivity (Wildman–Crippen MR) is 61.7 cm³/mol. The zero-order chi connectivity index (χ0) is 11.9. The Morgan fingerprint density at radius 3 is 2.53 bits per heavy atom. The van der Waals surface area contributed by atoms with Crippen LogP contribution in [0.1, 0.15) is 27.2 Å². The van der Waals surface area contributed by atoms with Crippen molar-refractivity contribution in [1.82, 2.24) is 10.2 Å². The predicted octanol–water partition coefficient (Wildman–Crippen LogP) is 0.463. The summed E-state index contributed by atoms with van der Waals surface area (Å²) in [5.41, 5.74) is 0.0415. The van der Waals surface area contributed by atoms with E-state index in [1.54, 1.807) is 11.9 Å². The highest BCUT2D eigenvalue weighted by molar-refractivity contribution is 5.77. The second-order valence-corrected chi connectivity index (χ2v) is 4.65. The molecular formula is C11H24N2O2. The van der Waals surface area contributed by atoms with Crippen molar-refractivity contribution in [3.8, 4) is 0 Å². The summed E-state index contributed by atoms with van der Waals surface area (Å²) in [6.07, 6.45) is 0.748. The van der Waals surface area contributed by atoms with E-state index in [1.807, 2.05) is 6.92 Å².